The van der Waals surface area contributed by atoms with Crippen molar-refractivity contribution in [3.8, 4) is 23.0 Å². The van der Waals surface area contributed by atoms with Crippen LogP contribution in [0.5, 0.6) is 23.0 Å². The molecular weight excluding hydrogens is 376 g/mol. The summed E-state index contributed by atoms with van der Waals surface area (Å²) in [5.74, 6) is 1.41. The Morgan fingerprint density at radius 2 is 1.86 bits per heavy atom. The van der Waals surface area contributed by atoms with E-state index in [0.717, 1.165) is 0 Å². The van der Waals surface area contributed by atoms with Gasteiger partial charge in [0.25, 0.3) is 0 Å². The largest absolute Gasteiger partial charge is 0.497 e. The molecule has 29 heavy (non-hydrogen) atoms. The van der Waals surface area contributed by atoms with Gasteiger partial charge in [-0.25, -0.2) is 4.79 Å². The summed E-state index contributed by atoms with van der Waals surface area (Å²) in [4.78, 5) is 24.4. The van der Waals surface area contributed by atoms with Gasteiger partial charge >= 0.3 is 5.97 Å². The molecule has 1 aliphatic heterocycles. The van der Waals surface area contributed by atoms with E-state index in [1.807, 2.05) is 0 Å². The van der Waals surface area contributed by atoms with Gasteiger partial charge in [0.2, 0.25) is 5.78 Å². The molecule has 7 nitrogen and oxygen atoms in total. The second-order valence-electron chi connectivity index (χ2n) is 6.22. The third-order valence-electron chi connectivity index (χ3n) is 4.30. The van der Waals surface area contributed by atoms with Gasteiger partial charge in [-0.1, -0.05) is 0 Å². The average molecular weight is 398 g/mol. The van der Waals surface area contributed by atoms with Crippen molar-refractivity contribution in [2.75, 3.05) is 20.8 Å². The summed E-state index contributed by atoms with van der Waals surface area (Å²) in [6, 6.07) is 10.1. The molecule has 1 heterocycles. The normalized spacial score (nSPS) is 14.8. The number of Topliss-reactive ketones (excluding diaryl/α,β-unsaturated/α-hetero) is 1. The number of benzene rings is 2. The first-order chi connectivity index (χ1) is 14.0. The zero-order valence-corrected chi connectivity index (χ0v) is 16.7. The van der Waals surface area contributed by atoms with Crippen LogP contribution in [0.15, 0.2) is 42.2 Å². The Morgan fingerprint density at radius 1 is 1.10 bits per heavy atom. The first kappa shape index (κ1) is 20.3. The monoisotopic (exact) mass is 398 g/mol. The molecule has 0 fully saturated rings. The van der Waals surface area contributed by atoms with E-state index >= 15 is 0 Å². The Labute approximate surface area is 168 Å². The Morgan fingerprint density at radius 3 is 2.55 bits per heavy atom. The molecule has 0 bridgehead atoms. The number of ether oxygens (including phenoxy) is 5. The van der Waals surface area contributed by atoms with Crippen molar-refractivity contribution in [3.63, 3.8) is 0 Å². The minimum Gasteiger partial charge on any atom is -0.497 e. The minimum absolute atomic E-state index is 0.155. The van der Waals surface area contributed by atoms with Crippen LogP contribution in [0, 0.1) is 0 Å². The molecular formula is C22H22O7. The highest BCUT2D eigenvalue weighted by Crippen LogP contribution is 2.36. The second-order valence-corrected chi connectivity index (χ2v) is 6.22. The van der Waals surface area contributed by atoms with Crippen molar-refractivity contribution in [1.29, 1.82) is 0 Å². The maximum Gasteiger partial charge on any atom is 0.347 e. The number of hydrogen-bond acceptors (Lipinski definition) is 7. The van der Waals surface area contributed by atoms with Gasteiger partial charge < -0.3 is 23.7 Å². The molecule has 2 aromatic rings. The fourth-order valence-corrected chi connectivity index (χ4v) is 2.85. The first-order valence-electron chi connectivity index (χ1n) is 9.10. The van der Waals surface area contributed by atoms with Crippen LogP contribution < -0.4 is 18.9 Å². The summed E-state index contributed by atoms with van der Waals surface area (Å²) >= 11 is 0. The van der Waals surface area contributed by atoms with E-state index in [1.165, 1.54) is 0 Å². The van der Waals surface area contributed by atoms with Gasteiger partial charge in [0.05, 0.1) is 26.4 Å². The quantitative estimate of drug-likeness (QED) is 0.520. The van der Waals surface area contributed by atoms with Gasteiger partial charge in [-0.05, 0) is 50.3 Å². The van der Waals surface area contributed by atoms with E-state index in [4.69, 9.17) is 23.7 Å². The number of allylic oxidation sites excluding steroid dienone is 1. The highest BCUT2D eigenvalue weighted by atomic mass is 16.6. The van der Waals surface area contributed by atoms with Gasteiger partial charge in [0.1, 0.15) is 23.0 Å². The highest BCUT2D eigenvalue weighted by Gasteiger charge is 2.28. The van der Waals surface area contributed by atoms with Crippen molar-refractivity contribution in [2.45, 2.75) is 20.0 Å². The Kier molecular flexibility index (Phi) is 6.07. The number of ketones is 1. The summed E-state index contributed by atoms with van der Waals surface area (Å²) in [6.45, 7) is 3.60. The number of fused-ring (bicyclic) bond motifs is 1. The smallest absolute Gasteiger partial charge is 0.347 e. The second kappa shape index (κ2) is 8.68. The van der Waals surface area contributed by atoms with Crippen LogP contribution in [0.4, 0.5) is 0 Å². The van der Waals surface area contributed by atoms with Crippen molar-refractivity contribution in [3.05, 3.63) is 53.3 Å². The SMILES string of the molecule is CCOC(=O)[C@@H](C)Oc1ccc2c(c1)OC(=Cc1cc(OC)ccc1OC)C2=O. The Balaban J connectivity index is 1.84. The summed E-state index contributed by atoms with van der Waals surface area (Å²) in [7, 11) is 3.11. The Bertz CT molecular complexity index is 962. The minimum atomic E-state index is -0.777. The molecule has 0 aromatic heterocycles. The maximum absolute atomic E-state index is 12.7. The number of carbonyl (C=O) groups is 2. The molecule has 7 heteroatoms. The molecule has 0 aliphatic carbocycles. The van der Waals surface area contributed by atoms with Crippen LogP contribution in [0.2, 0.25) is 0 Å². The number of rotatable bonds is 7. The van der Waals surface area contributed by atoms with Crippen LogP contribution in [-0.2, 0) is 9.53 Å². The summed E-state index contributed by atoms with van der Waals surface area (Å²) in [5, 5.41) is 0. The molecule has 2 aromatic carbocycles. The third kappa shape index (κ3) is 4.34. The number of hydrogen-bond donors (Lipinski definition) is 0. The van der Waals surface area contributed by atoms with Crippen LogP contribution >= 0.6 is 0 Å². The molecule has 0 saturated carbocycles. The van der Waals surface area contributed by atoms with Crippen LogP contribution in [0.1, 0.15) is 29.8 Å². The molecule has 152 valence electrons. The van der Waals surface area contributed by atoms with E-state index < -0.39 is 12.1 Å². The molecule has 0 radical (unpaired) electrons. The molecule has 0 amide bonds. The zero-order valence-electron chi connectivity index (χ0n) is 16.7. The van der Waals surface area contributed by atoms with E-state index in [1.54, 1.807) is 70.5 Å². The lowest BCUT2D eigenvalue weighted by Crippen LogP contribution is -2.26. The third-order valence-corrected chi connectivity index (χ3v) is 4.30. The van der Waals surface area contributed by atoms with E-state index in [0.29, 0.717) is 34.1 Å². The van der Waals surface area contributed by atoms with Crippen LogP contribution in [-0.4, -0.2) is 38.7 Å². The van der Waals surface area contributed by atoms with E-state index in [2.05, 4.69) is 0 Å². The standard InChI is InChI=1S/C22H22O7/c1-5-27-22(24)13(2)28-16-6-8-17-19(12-16)29-20(21(17)23)11-14-10-15(25-3)7-9-18(14)26-4/h6-13H,5H2,1-4H3/t13-/m1/s1. The topological polar surface area (TPSA) is 80.3 Å². The molecule has 3 rings (SSSR count). The van der Waals surface area contributed by atoms with Crippen LogP contribution in [0.25, 0.3) is 6.08 Å². The lowest BCUT2D eigenvalue weighted by molar-refractivity contribution is -0.150. The van der Waals surface area contributed by atoms with Gasteiger partial charge in [-0.15, -0.1) is 0 Å². The molecule has 1 aliphatic rings. The van der Waals surface area contributed by atoms with Gasteiger partial charge in [-0.2, -0.15) is 0 Å². The summed E-state index contributed by atoms with van der Waals surface area (Å²) < 4.78 is 26.8. The average Bonchev–Trinajstić information content (AvgIpc) is 3.02. The predicted octanol–water partition coefficient (Wildman–Crippen LogP) is 3.65. The number of methoxy groups -OCH3 is 2. The van der Waals surface area contributed by atoms with Gasteiger partial charge in [0.15, 0.2) is 11.9 Å². The maximum atomic E-state index is 12.7. The van der Waals surface area contributed by atoms with E-state index in [9.17, 15) is 9.59 Å². The predicted molar refractivity (Wildman–Crippen MR) is 106 cm³/mol. The van der Waals surface area contributed by atoms with Crippen molar-refractivity contribution >= 4 is 17.8 Å². The molecule has 0 saturated heterocycles. The first-order valence-corrected chi connectivity index (χ1v) is 9.10. The van der Waals surface area contributed by atoms with E-state index in [-0.39, 0.29) is 18.1 Å². The lowest BCUT2D eigenvalue weighted by Gasteiger charge is -2.13. The molecule has 0 N–H and O–H groups in total. The zero-order chi connectivity index (χ0) is 21.0. The van der Waals surface area contributed by atoms with Gasteiger partial charge in [0, 0.05) is 11.6 Å². The molecule has 0 spiro atoms. The fourth-order valence-electron chi connectivity index (χ4n) is 2.85. The van der Waals surface area contributed by atoms with Crippen molar-refractivity contribution < 1.29 is 33.3 Å². The highest BCUT2D eigenvalue weighted by molar-refractivity contribution is 6.14. The summed E-state index contributed by atoms with van der Waals surface area (Å²) in [6.07, 6.45) is 0.826. The number of carbonyl (C=O) groups excluding carboxylic acids is 2. The molecule has 1 atom stereocenters. The molecule has 0 unspecified atom stereocenters. The lowest BCUT2D eigenvalue weighted by atomic mass is 10.1. The van der Waals surface area contributed by atoms with Crippen molar-refractivity contribution in [1.82, 2.24) is 0 Å². The Hall–Kier alpha value is -3.48. The fraction of sp³-hybridized carbons (Fsp3) is 0.273. The van der Waals surface area contributed by atoms with Crippen LogP contribution in [0.3, 0.4) is 0 Å². The summed E-state index contributed by atoms with van der Waals surface area (Å²) in [5.41, 5.74) is 1.06. The van der Waals surface area contributed by atoms with Crippen molar-refractivity contribution in [2.24, 2.45) is 0 Å². The van der Waals surface area contributed by atoms with Gasteiger partial charge in [-0.3, -0.25) is 4.79 Å². The number of esters is 1.